The Morgan fingerprint density at radius 1 is 1.12 bits per heavy atom. The molecule has 86 valence electrons. The van der Waals surface area contributed by atoms with Crippen LogP contribution in [0.25, 0.3) is 5.69 Å². The minimum atomic E-state index is -4.27. The third-order valence-electron chi connectivity index (χ3n) is 1.83. The molecule has 0 radical (unpaired) electrons. The van der Waals surface area contributed by atoms with E-state index in [0.29, 0.717) is 5.69 Å². The molecule has 0 atom stereocenters. The summed E-state index contributed by atoms with van der Waals surface area (Å²) in [7, 11) is -4.27. The molecular weight excluding hydrogens is 234 g/mol. The second-order valence-electron chi connectivity index (χ2n) is 2.85. The number of nitrogens with zero attached hydrogens (tertiary/aromatic N) is 1. The van der Waals surface area contributed by atoms with E-state index in [-0.39, 0.29) is 10.5 Å². The average Bonchev–Trinajstić information content (AvgIpc) is 2.67. The summed E-state index contributed by atoms with van der Waals surface area (Å²) in [5.74, 6) is 0. The first-order valence-corrected chi connectivity index (χ1v) is 5.56. The number of hydrogen-bond acceptors (Lipinski definition) is 4. The maximum absolute atomic E-state index is 11.0. The summed E-state index contributed by atoms with van der Waals surface area (Å²) in [6.45, 7) is 0. The van der Waals surface area contributed by atoms with Gasteiger partial charge in [-0.3, -0.25) is 4.55 Å². The molecule has 0 aliphatic carbocycles. The molecule has 0 saturated heterocycles. The highest BCUT2D eigenvalue weighted by atomic mass is 32.2. The lowest BCUT2D eigenvalue weighted by Crippen LogP contribution is -2.34. The third-order valence-corrected chi connectivity index (χ3v) is 2.66. The van der Waals surface area contributed by atoms with E-state index in [0.717, 1.165) is 4.74 Å². The van der Waals surface area contributed by atoms with Crippen molar-refractivity contribution in [3.8, 4) is 5.69 Å². The highest BCUT2D eigenvalue weighted by Crippen LogP contribution is 2.06. The molecule has 6 nitrogen and oxygen atoms in total. The van der Waals surface area contributed by atoms with Crippen LogP contribution in [0.4, 0.5) is 0 Å². The Hall–Kier alpha value is -1.70. The first-order valence-electron chi connectivity index (χ1n) is 4.12. The molecule has 0 aliphatic rings. The standard InChI is InChI=1S/C9H7NO4S.H2O/c11-15(12,13)9-6-7-14-10(9)8-4-2-1-3-5-8;/h1-7H;1H2. The maximum Gasteiger partial charge on any atom is 0.378 e. The molecule has 0 saturated carbocycles. The Kier molecular flexibility index (Phi) is 3.43. The number of hydrogen-bond donors (Lipinski definition) is 1. The van der Waals surface area contributed by atoms with Crippen molar-refractivity contribution < 1.29 is 27.7 Å². The van der Waals surface area contributed by atoms with Gasteiger partial charge >= 0.3 is 15.1 Å². The van der Waals surface area contributed by atoms with Crippen molar-refractivity contribution in [2.24, 2.45) is 0 Å². The molecule has 1 heterocycles. The van der Waals surface area contributed by atoms with Crippen LogP contribution in [-0.4, -0.2) is 18.4 Å². The molecule has 7 heteroatoms. The monoisotopic (exact) mass is 243 g/mol. The van der Waals surface area contributed by atoms with Gasteiger partial charge in [-0.15, -0.1) is 0 Å². The molecule has 2 N–H and O–H groups in total. The molecule has 0 aliphatic heterocycles. The van der Waals surface area contributed by atoms with Gasteiger partial charge in [-0.2, -0.15) is 8.42 Å². The average molecular weight is 243 g/mol. The van der Waals surface area contributed by atoms with Gasteiger partial charge in [-0.1, -0.05) is 18.2 Å². The molecular formula is C9H9NO5S. The van der Waals surface area contributed by atoms with E-state index in [1.165, 1.54) is 12.3 Å². The van der Waals surface area contributed by atoms with Gasteiger partial charge < -0.3 is 5.48 Å². The zero-order valence-electron chi connectivity index (χ0n) is 8.02. The lowest BCUT2D eigenvalue weighted by molar-refractivity contribution is -0.815. The number of rotatable bonds is 2. The predicted octanol–water partition coefficient (Wildman–Crippen LogP) is 0.626. The topological polar surface area (TPSA) is 101 Å². The molecule has 0 unspecified atom stereocenters. The molecule has 2 aromatic rings. The quantitative estimate of drug-likeness (QED) is 0.615. The van der Waals surface area contributed by atoms with E-state index in [4.69, 9.17) is 9.08 Å². The van der Waals surface area contributed by atoms with Crippen LogP contribution >= 0.6 is 0 Å². The van der Waals surface area contributed by atoms with Gasteiger partial charge in [0.25, 0.3) is 5.69 Å². The van der Waals surface area contributed by atoms with Crippen LogP contribution in [0.5, 0.6) is 0 Å². The number of benzene rings is 1. The molecule has 1 aromatic carbocycles. The van der Waals surface area contributed by atoms with Gasteiger partial charge in [0.15, 0.2) is 6.26 Å². The van der Waals surface area contributed by atoms with E-state index >= 15 is 0 Å². The zero-order chi connectivity index (χ0) is 10.9. The third kappa shape index (κ3) is 2.27. The maximum atomic E-state index is 11.0. The SMILES string of the molecule is O=S(=O)(O)c1cco[n+]1-c1ccccc1.[OH-]. The van der Waals surface area contributed by atoms with E-state index in [2.05, 4.69) is 0 Å². The summed E-state index contributed by atoms with van der Waals surface area (Å²) in [6, 6.07) is 9.77. The highest BCUT2D eigenvalue weighted by molar-refractivity contribution is 7.85. The fraction of sp³-hybridized carbons (Fsp3) is 0. The lowest BCUT2D eigenvalue weighted by atomic mass is 10.3. The van der Waals surface area contributed by atoms with Crippen LogP contribution < -0.4 is 4.74 Å². The first kappa shape index (κ1) is 12.4. The summed E-state index contributed by atoms with van der Waals surface area (Å²) < 4.78 is 36.8. The van der Waals surface area contributed by atoms with Crippen LogP contribution in [0.2, 0.25) is 0 Å². The lowest BCUT2D eigenvalue weighted by Gasteiger charge is -1.90. The minimum absolute atomic E-state index is 0. The van der Waals surface area contributed by atoms with Gasteiger partial charge in [0, 0.05) is 16.9 Å². The summed E-state index contributed by atoms with van der Waals surface area (Å²) in [5.41, 5.74) is 0.523. The molecule has 2 rings (SSSR count). The molecule has 16 heavy (non-hydrogen) atoms. The Morgan fingerprint density at radius 2 is 1.75 bits per heavy atom. The Bertz CT molecular complexity index is 561. The molecule has 0 spiro atoms. The first-order chi connectivity index (χ1) is 7.09. The predicted molar refractivity (Wildman–Crippen MR) is 52.0 cm³/mol. The molecule has 0 amide bonds. The van der Waals surface area contributed by atoms with E-state index < -0.39 is 10.1 Å². The largest absolute Gasteiger partial charge is 0.870 e. The molecule has 0 fully saturated rings. The van der Waals surface area contributed by atoms with E-state index in [1.807, 2.05) is 0 Å². The van der Waals surface area contributed by atoms with Crippen molar-refractivity contribution in [2.45, 2.75) is 5.03 Å². The minimum Gasteiger partial charge on any atom is -0.870 e. The van der Waals surface area contributed by atoms with Gasteiger partial charge in [0.05, 0.1) is 6.07 Å². The zero-order valence-corrected chi connectivity index (χ0v) is 8.83. The second-order valence-corrected chi connectivity index (χ2v) is 4.22. The Labute approximate surface area is 91.8 Å². The smallest absolute Gasteiger partial charge is 0.378 e. The van der Waals surface area contributed by atoms with Crippen molar-refractivity contribution in [3.05, 3.63) is 42.7 Å². The van der Waals surface area contributed by atoms with Crippen LogP contribution in [0.1, 0.15) is 0 Å². The number of aromatic nitrogens is 1. The summed E-state index contributed by atoms with van der Waals surface area (Å²) in [5, 5.41) is -0.297. The summed E-state index contributed by atoms with van der Waals surface area (Å²) in [6.07, 6.45) is 1.19. The van der Waals surface area contributed by atoms with Crippen molar-refractivity contribution in [2.75, 3.05) is 0 Å². The van der Waals surface area contributed by atoms with Gasteiger partial charge in [-0.05, 0) is 0 Å². The van der Waals surface area contributed by atoms with Gasteiger partial charge in [-0.25, -0.2) is 4.52 Å². The number of para-hydroxylation sites is 1. The van der Waals surface area contributed by atoms with Crippen LogP contribution in [0.3, 0.4) is 0 Å². The summed E-state index contributed by atoms with van der Waals surface area (Å²) in [4.78, 5) is 0. The highest BCUT2D eigenvalue weighted by Gasteiger charge is 2.29. The van der Waals surface area contributed by atoms with Crippen LogP contribution in [0, 0.1) is 0 Å². The summed E-state index contributed by atoms with van der Waals surface area (Å²) >= 11 is 0. The molecule has 0 bridgehead atoms. The van der Waals surface area contributed by atoms with Crippen molar-refractivity contribution in [1.82, 2.24) is 0 Å². The fourth-order valence-corrected chi connectivity index (χ4v) is 1.80. The van der Waals surface area contributed by atoms with E-state index in [9.17, 15) is 8.42 Å². The van der Waals surface area contributed by atoms with Crippen molar-refractivity contribution in [3.63, 3.8) is 0 Å². The van der Waals surface area contributed by atoms with Crippen molar-refractivity contribution in [1.29, 1.82) is 0 Å². The van der Waals surface area contributed by atoms with Gasteiger partial charge in [0.2, 0.25) is 0 Å². The van der Waals surface area contributed by atoms with Crippen molar-refractivity contribution >= 4 is 10.1 Å². The van der Waals surface area contributed by atoms with Gasteiger partial charge in [0.1, 0.15) is 0 Å². The normalized spacial score (nSPS) is 10.8. The Balaban J connectivity index is 0.00000128. The van der Waals surface area contributed by atoms with E-state index in [1.54, 1.807) is 30.3 Å². The Morgan fingerprint density at radius 3 is 2.31 bits per heavy atom. The van der Waals surface area contributed by atoms with Crippen LogP contribution in [-0.2, 0) is 10.1 Å². The second kappa shape index (κ2) is 4.44. The van der Waals surface area contributed by atoms with Crippen LogP contribution in [0.15, 0.2) is 52.2 Å². The fourth-order valence-electron chi connectivity index (χ4n) is 1.21. The molecule has 1 aromatic heterocycles.